The number of allylic oxidation sites excluding steroid dienone is 2. The molecule has 64 valence electrons. The molecule has 1 aliphatic carbocycles. The lowest BCUT2D eigenvalue weighted by molar-refractivity contribution is -0.0697. The highest BCUT2D eigenvalue weighted by Crippen LogP contribution is 2.22. The van der Waals surface area contributed by atoms with Gasteiger partial charge in [0.1, 0.15) is 0 Å². The van der Waals surface area contributed by atoms with Gasteiger partial charge in [0.15, 0.2) is 0 Å². The van der Waals surface area contributed by atoms with E-state index >= 15 is 0 Å². The summed E-state index contributed by atoms with van der Waals surface area (Å²) in [7, 11) is 0. The molecular formula is C9H16O2. The second-order valence-electron chi connectivity index (χ2n) is 3.46. The minimum Gasteiger partial charge on any atom is -0.390 e. The molecule has 0 fully saturated rings. The Morgan fingerprint density at radius 2 is 2.00 bits per heavy atom. The van der Waals surface area contributed by atoms with Crippen LogP contribution < -0.4 is 0 Å². The largest absolute Gasteiger partial charge is 0.390 e. The van der Waals surface area contributed by atoms with Gasteiger partial charge in [-0.1, -0.05) is 12.2 Å². The maximum atomic E-state index is 9.66. The van der Waals surface area contributed by atoms with Crippen molar-refractivity contribution in [1.29, 1.82) is 0 Å². The Morgan fingerprint density at radius 3 is 2.73 bits per heavy atom. The molecule has 1 aliphatic rings. The molecule has 2 atom stereocenters. The van der Waals surface area contributed by atoms with Crippen LogP contribution in [0.2, 0.25) is 0 Å². The van der Waals surface area contributed by atoms with Crippen molar-refractivity contribution >= 4 is 0 Å². The van der Waals surface area contributed by atoms with Gasteiger partial charge in [0, 0.05) is 0 Å². The van der Waals surface area contributed by atoms with Crippen molar-refractivity contribution in [3.05, 3.63) is 12.2 Å². The zero-order valence-corrected chi connectivity index (χ0v) is 6.95. The number of aliphatic hydroxyl groups excluding tert-OH is 1. The average molecular weight is 156 g/mol. The number of rotatable bonds is 0. The molecule has 0 bridgehead atoms. The topological polar surface area (TPSA) is 40.5 Å². The van der Waals surface area contributed by atoms with E-state index in [1.54, 1.807) is 6.92 Å². The molecule has 0 aromatic rings. The van der Waals surface area contributed by atoms with E-state index in [0.29, 0.717) is 12.8 Å². The summed E-state index contributed by atoms with van der Waals surface area (Å²) in [5, 5.41) is 19.1. The fraction of sp³-hybridized carbons (Fsp3) is 0.778. The van der Waals surface area contributed by atoms with Crippen molar-refractivity contribution in [2.24, 2.45) is 0 Å². The van der Waals surface area contributed by atoms with E-state index in [-0.39, 0.29) is 0 Å². The quantitative estimate of drug-likeness (QED) is 0.518. The van der Waals surface area contributed by atoms with Crippen molar-refractivity contribution in [2.75, 3.05) is 0 Å². The Balaban J connectivity index is 2.58. The van der Waals surface area contributed by atoms with Crippen LogP contribution in [0.4, 0.5) is 0 Å². The van der Waals surface area contributed by atoms with Gasteiger partial charge in [0.2, 0.25) is 0 Å². The summed E-state index contributed by atoms with van der Waals surface area (Å²) in [6.07, 6.45) is 6.64. The first kappa shape index (κ1) is 8.75. The summed E-state index contributed by atoms with van der Waals surface area (Å²) in [4.78, 5) is 0. The molecule has 0 aromatic heterocycles. The molecule has 2 N–H and O–H groups in total. The van der Waals surface area contributed by atoms with E-state index in [9.17, 15) is 10.2 Å². The minimum absolute atomic E-state index is 0.563. The van der Waals surface area contributed by atoms with Crippen molar-refractivity contribution in [2.45, 2.75) is 44.3 Å². The van der Waals surface area contributed by atoms with Gasteiger partial charge >= 0.3 is 0 Å². The van der Waals surface area contributed by atoms with Crippen LogP contribution in [0, 0.1) is 0 Å². The Hall–Kier alpha value is -0.340. The standard InChI is InChI=1S/C9H16O2/c1-9(11)7-5-3-2-4-6-8(9)10/h2-3,8,10-11H,4-7H2,1H3. The number of hydrogen-bond acceptors (Lipinski definition) is 2. The monoisotopic (exact) mass is 156 g/mol. The highest BCUT2D eigenvalue weighted by Gasteiger charge is 2.29. The maximum Gasteiger partial charge on any atom is 0.0880 e. The molecule has 2 nitrogen and oxygen atoms in total. The predicted octanol–water partition coefficient (Wildman–Crippen LogP) is 1.23. The molecule has 0 heterocycles. The lowest BCUT2D eigenvalue weighted by Gasteiger charge is -2.29. The molecule has 0 saturated heterocycles. The lowest BCUT2D eigenvalue weighted by atomic mass is 9.89. The first-order valence-electron chi connectivity index (χ1n) is 4.18. The van der Waals surface area contributed by atoms with Gasteiger partial charge in [-0.25, -0.2) is 0 Å². The molecule has 0 saturated carbocycles. The molecule has 11 heavy (non-hydrogen) atoms. The Labute approximate surface area is 67.6 Å². The van der Waals surface area contributed by atoms with Crippen LogP contribution >= 0.6 is 0 Å². The molecular weight excluding hydrogens is 140 g/mol. The smallest absolute Gasteiger partial charge is 0.0880 e. The molecule has 0 spiro atoms. The summed E-state index contributed by atoms with van der Waals surface area (Å²) in [5.41, 5.74) is -0.884. The van der Waals surface area contributed by atoms with E-state index in [4.69, 9.17) is 0 Å². The molecule has 2 unspecified atom stereocenters. The van der Waals surface area contributed by atoms with Crippen LogP contribution in [0.25, 0.3) is 0 Å². The third-order valence-corrected chi connectivity index (χ3v) is 2.31. The Bertz CT molecular complexity index is 150. The molecule has 0 aliphatic heterocycles. The van der Waals surface area contributed by atoms with Crippen LogP contribution in [0.5, 0.6) is 0 Å². The fourth-order valence-corrected chi connectivity index (χ4v) is 1.34. The third-order valence-electron chi connectivity index (χ3n) is 2.31. The average Bonchev–Trinajstić information content (AvgIpc) is 1.93. The van der Waals surface area contributed by atoms with E-state index in [1.807, 2.05) is 0 Å². The van der Waals surface area contributed by atoms with Gasteiger partial charge in [0.25, 0.3) is 0 Å². The van der Waals surface area contributed by atoms with Gasteiger partial charge in [-0.05, 0) is 32.6 Å². The van der Waals surface area contributed by atoms with Crippen molar-refractivity contribution in [3.8, 4) is 0 Å². The highest BCUT2D eigenvalue weighted by atomic mass is 16.3. The normalized spacial score (nSPS) is 39.7. The highest BCUT2D eigenvalue weighted by molar-refractivity contribution is 4.92. The van der Waals surface area contributed by atoms with Crippen molar-refractivity contribution in [3.63, 3.8) is 0 Å². The zero-order chi connectivity index (χ0) is 8.32. The van der Waals surface area contributed by atoms with Crippen LogP contribution in [-0.4, -0.2) is 21.9 Å². The van der Waals surface area contributed by atoms with Crippen molar-refractivity contribution < 1.29 is 10.2 Å². The summed E-state index contributed by atoms with van der Waals surface area (Å²) in [5.74, 6) is 0. The predicted molar refractivity (Wildman–Crippen MR) is 44.2 cm³/mol. The molecule has 1 rings (SSSR count). The molecule has 2 heteroatoms. The Morgan fingerprint density at radius 1 is 1.36 bits per heavy atom. The fourth-order valence-electron chi connectivity index (χ4n) is 1.34. The summed E-state index contributed by atoms with van der Waals surface area (Å²) in [6, 6.07) is 0. The number of aliphatic hydroxyl groups is 2. The van der Waals surface area contributed by atoms with Gasteiger partial charge in [-0.3, -0.25) is 0 Å². The van der Waals surface area contributed by atoms with Crippen molar-refractivity contribution in [1.82, 2.24) is 0 Å². The first-order chi connectivity index (χ1) is 5.13. The minimum atomic E-state index is -0.884. The van der Waals surface area contributed by atoms with Gasteiger partial charge in [-0.2, -0.15) is 0 Å². The van der Waals surface area contributed by atoms with Gasteiger partial charge in [-0.15, -0.1) is 0 Å². The molecule has 0 aromatic carbocycles. The maximum absolute atomic E-state index is 9.66. The first-order valence-corrected chi connectivity index (χ1v) is 4.18. The SMILES string of the molecule is CC1(O)CCC=CCCC1O. The molecule has 0 amide bonds. The van der Waals surface area contributed by atoms with Gasteiger partial charge in [0.05, 0.1) is 11.7 Å². The zero-order valence-electron chi connectivity index (χ0n) is 6.95. The van der Waals surface area contributed by atoms with E-state index in [2.05, 4.69) is 12.2 Å². The van der Waals surface area contributed by atoms with Crippen LogP contribution in [0.3, 0.4) is 0 Å². The van der Waals surface area contributed by atoms with E-state index in [1.165, 1.54) is 0 Å². The summed E-state index contributed by atoms with van der Waals surface area (Å²) >= 11 is 0. The van der Waals surface area contributed by atoms with Gasteiger partial charge < -0.3 is 10.2 Å². The third kappa shape index (κ3) is 2.31. The van der Waals surface area contributed by atoms with Crippen LogP contribution in [0.15, 0.2) is 12.2 Å². The summed E-state index contributed by atoms with van der Waals surface area (Å²) < 4.78 is 0. The number of hydrogen-bond donors (Lipinski definition) is 2. The van der Waals surface area contributed by atoms with E-state index < -0.39 is 11.7 Å². The second-order valence-corrected chi connectivity index (χ2v) is 3.46. The van der Waals surface area contributed by atoms with Crippen LogP contribution in [0.1, 0.15) is 32.6 Å². The Kier molecular flexibility index (Phi) is 2.68. The molecule has 0 radical (unpaired) electrons. The lowest BCUT2D eigenvalue weighted by Crippen LogP contribution is -2.39. The van der Waals surface area contributed by atoms with E-state index in [0.717, 1.165) is 12.8 Å². The van der Waals surface area contributed by atoms with Crippen LogP contribution in [-0.2, 0) is 0 Å². The second kappa shape index (κ2) is 3.37. The summed E-state index contributed by atoms with van der Waals surface area (Å²) in [6.45, 7) is 1.71.